The number of ether oxygens (including phenoxy) is 2. The van der Waals surface area contributed by atoms with E-state index in [-0.39, 0.29) is 11.8 Å². The summed E-state index contributed by atoms with van der Waals surface area (Å²) < 4.78 is 10.6. The molecule has 8 nitrogen and oxygen atoms in total. The number of carbonyl (C=O) groups is 3. The van der Waals surface area contributed by atoms with Crippen LogP contribution in [-0.2, 0) is 14.3 Å². The minimum Gasteiger partial charge on any atom is -0.497 e. The van der Waals surface area contributed by atoms with E-state index in [2.05, 4.69) is 17.6 Å². The second-order valence-electron chi connectivity index (χ2n) is 10.9. The summed E-state index contributed by atoms with van der Waals surface area (Å²) in [6.45, 7) is 13.3. The van der Waals surface area contributed by atoms with Gasteiger partial charge in [-0.1, -0.05) is 44.4 Å². The molecule has 0 saturated heterocycles. The fourth-order valence-electron chi connectivity index (χ4n) is 4.44. The van der Waals surface area contributed by atoms with Crippen LogP contribution in [0.15, 0.2) is 42.5 Å². The van der Waals surface area contributed by atoms with Crippen molar-refractivity contribution in [1.82, 2.24) is 10.2 Å². The van der Waals surface area contributed by atoms with Gasteiger partial charge in [-0.3, -0.25) is 9.59 Å². The van der Waals surface area contributed by atoms with E-state index in [1.165, 1.54) is 0 Å². The molecule has 39 heavy (non-hydrogen) atoms. The van der Waals surface area contributed by atoms with Crippen LogP contribution in [0.1, 0.15) is 83.0 Å². The van der Waals surface area contributed by atoms with Gasteiger partial charge in [-0.25, -0.2) is 4.79 Å². The van der Waals surface area contributed by atoms with Gasteiger partial charge in [0.15, 0.2) is 0 Å². The van der Waals surface area contributed by atoms with Gasteiger partial charge < -0.3 is 25.0 Å². The number of unbranched alkanes of at least 4 members (excludes halogenated alkanes) is 3. The van der Waals surface area contributed by atoms with Gasteiger partial charge >= 0.3 is 6.09 Å². The standard InChI is InChI=1S/C31H45N3O5/c1-9-10-11-12-20-34(29(36)23(4)32-30(37)39-31(5,6)7)27(26-21(2)14-13-15-22(26)3)28(35)33-24-16-18-25(38-8)19-17-24/h13-19,23,27H,9-12,20H2,1-8H3,(H,32,37)(H,33,35). The van der Waals surface area contributed by atoms with Crippen molar-refractivity contribution in [3.05, 3.63) is 59.2 Å². The molecule has 0 aliphatic heterocycles. The van der Waals surface area contributed by atoms with Gasteiger partial charge in [0.05, 0.1) is 7.11 Å². The maximum Gasteiger partial charge on any atom is 0.408 e. The first-order chi connectivity index (χ1) is 18.4. The molecule has 0 heterocycles. The van der Waals surface area contributed by atoms with Crippen molar-refractivity contribution < 1.29 is 23.9 Å². The van der Waals surface area contributed by atoms with Gasteiger partial charge in [-0.05, 0) is 88.9 Å². The minimum atomic E-state index is -0.898. The molecule has 214 valence electrons. The molecule has 0 saturated carbocycles. The van der Waals surface area contributed by atoms with E-state index >= 15 is 0 Å². The smallest absolute Gasteiger partial charge is 0.408 e. The summed E-state index contributed by atoms with van der Waals surface area (Å²) in [7, 11) is 1.58. The molecule has 3 amide bonds. The van der Waals surface area contributed by atoms with E-state index < -0.39 is 23.8 Å². The first-order valence-electron chi connectivity index (χ1n) is 13.7. The van der Waals surface area contributed by atoms with Crippen LogP contribution in [0.3, 0.4) is 0 Å². The molecule has 2 aromatic carbocycles. The highest BCUT2D eigenvalue weighted by molar-refractivity contribution is 5.99. The van der Waals surface area contributed by atoms with Gasteiger partial charge in [-0.15, -0.1) is 0 Å². The molecule has 2 atom stereocenters. The minimum absolute atomic E-state index is 0.328. The van der Waals surface area contributed by atoms with E-state index in [0.29, 0.717) is 18.0 Å². The summed E-state index contributed by atoms with van der Waals surface area (Å²) in [6, 6.07) is 11.1. The molecule has 2 unspecified atom stereocenters. The van der Waals surface area contributed by atoms with Crippen LogP contribution in [0.25, 0.3) is 0 Å². The Morgan fingerprint density at radius 1 is 0.949 bits per heavy atom. The Morgan fingerprint density at radius 2 is 1.56 bits per heavy atom. The zero-order chi connectivity index (χ0) is 29.2. The largest absolute Gasteiger partial charge is 0.497 e. The van der Waals surface area contributed by atoms with Crippen LogP contribution < -0.4 is 15.4 Å². The molecular weight excluding hydrogens is 494 g/mol. The number of hydrogen-bond donors (Lipinski definition) is 2. The van der Waals surface area contributed by atoms with E-state index in [9.17, 15) is 14.4 Å². The highest BCUT2D eigenvalue weighted by Gasteiger charge is 2.36. The Labute approximate surface area is 233 Å². The summed E-state index contributed by atoms with van der Waals surface area (Å²) in [5.74, 6) is -0.00478. The third-order valence-electron chi connectivity index (χ3n) is 6.37. The van der Waals surface area contributed by atoms with Crippen LogP contribution in [-0.4, -0.2) is 48.1 Å². The molecule has 0 bridgehead atoms. The fourth-order valence-corrected chi connectivity index (χ4v) is 4.44. The van der Waals surface area contributed by atoms with Crippen LogP contribution in [0.2, 0.25) is 0 Å². The number of nitrogens with zero attached hydrogens (tertiary/aromatic N) is 1. The molecule has 2 N–H and O–H groups in total. The second kappa shape index (κ2) is 14.6. The summed E-state index contributed by atoms with van der Waals surface area (Å²) in [6.07, 6.45) is 3.05. The molecular formula is C31H45N3O5. The van der Waals surface area contributed by atoms with Crippen molar-refractivity contribution in [2.75, 3.05) is 19.0 Å². The van der Waals surface area contributed by atoms with E-state index in [4.69, 9.17) is 9.47 Å². The summed E-state index contributed by atoms with van der Waals surface area (Å²) in [5.41, 5.74) is 2.48. The Morgan fingerprint density at radius 3 is 2.10 bits per heavy atom. The summed E-state index contributed by atoms with van der Waals surface area (Å²) in [5, 5.41) is 5.65. The maximum absolute atomic E-state index is 14.0. The molecule has 2 aromatic rings. The molecule has 0 spiro atoms. The number of anilines is 1. The number of nitrogens with one attached hydrogen (secondary N) is 2. The first-order valence-corrected chi connectivity index (χ1v) is 13.7. The first kappa shape index (κ1) is 31.7. The Kier molecular flexibility index (Phi) is 11.8. The fraction of sp³-hybridized carbons (Fsp3) is 0.516. The molecule has 0 aliphatic carbocycles. The Bertz CT molecular complexity index is 1090. The lowest BCUT2D eigenvalue weighted by atomic mass is 9.93. The molecule has 0 fully saturated rings. The van der Waals surface area contributed by atoms with Crippen molar-refractivity contribution >= 4 is 23.6 Å². The van der Waals surface area contributed by atoms with Crippen LogP contribution in [0.5, 0.6) is 5.75 Å². The molecule has 0 aromatic heterocycles. The Hall–Kier alpha value is -3.55. The number of rotatable bonds is 12. The van der Waals surface area contributed by atoms with Gasteiger partial charge in [0.2, 0.25) is 5.91 Å². The molecule has 0 radical (unpaired) electrons. The van der Waals surface area contributed by atoms with Crippen LogP contribution in [0, 0.1) is 13.8 Å². The Balaban J connectivity index is 2.49. The third-order valence-corrected chi connectivity index (χ3v) is 6.37. The highest BCUT2D eigenvalue weighted by Crippen LogP contribution is 2.30. The van der Waals surface area contributed by atoms with E-state index in [1.54, 1.807) is 64.0 Å². The van der Waals surface area contributed by atoms with Gasteiger partial charge in [-0.2, -0.15) is 0 Å². The SMILES string of the molecule is CCCCCCN(C(=O)C(C)NC(=O)OC(C)(C)C)C(C(=O)Nc1ccc(OC)cc1)c1c(C)cccc1C. The van der Waals surface area contributed by atoms with Crippen LogP contribution >= 0.6 is 0 Å². The second-order valence-corrected chi connectivity index (χ2v) is 10.9. The average molecular weight is 540 g/mol. The quantitative estimate of drug-likeness (QED) is 0.308. The number of amides is 3. The van der Waals surface area contributed by atoms with Crippen molar-refractivity contribution in [3.63, 3.8) is 0 Å². The summed E-state index contributed by atoms with van der Waals surface area (Å²) >= 11 is 0. The average Bonchev–Trinajstić information content (AvgIpc) is 2.86. The van der Waals surface area contributed by atoms with Gasteiger partial charge in [0, 0.05) is 12.2 Å². The number of carbonyl (C=O) groups excluding carboxylic acids is 3. The third kappa shape index (κ3) is 9.61. The lowest BCUT2D eigenvalue weighted by Gasteiger charge is -2.35. The maximum atomic E-state index is 14.0. The molecule has 8 heteroatoms. The summed E-state index contributed by atoms with van der Waals surface area (Å²) in [4.78, 5) is 42.0. The predicted octanol–water partition coefficient (Wildman–Crippen LogP) is 6.31. The lowest BCUT2D eigenvalue weighted by Crippen LogP contribution is -2.51. The topological polar surface area (TPSA) is 97.0 Å². The molecule has 2 rings (SSSR count). The monoisotopic (exact) mass is 539 g/mol. The lowest BCUT2D eigenvalue weighted by molar-refractivity contribution is -0.140. The van der Waals surface area contributed by atoms with Crippen molar-refractivity contribution in [3.8, 4) is 5.75 Å². The van der Waals surface area contributed by atoms with Gasteiger partial charge in [0.1, 0.15) is 23.4 Å². The zero-order valence-electron chi connectivity index (χ0n) is 24.7. The normalized spacial score (nSPS) is 12.7. The van der Waals surface area contributed by atoms with E-state index in [1.807, 2.05) is 32.0 Å². The van der Waals surface area contributed by atoms with Crippen LogP contribution in [0.4, 0.5) is 10.5 Å². The molecule has 0 aliphatic rings. The number of hydrogen-bond acceptors (Lipinski definition) is 5. The number of methoxy groups -OCH3 is 1. The van der Waals surface area contributed by atoms with Crippen molar-refractivity contribution in [1.29, 1.82) is 0 Å². The zero-order valence-corrected chi connectivity index (χ0v) is 24.7. The highest BCUT2D eigenvalue weighted by atomic mass is 16.6. The number of alkyl carbamates (subject to hydrolysis) is 1. The predicted molar refractivity (Wildman–Crippen MR) is 155 cm³/mol. The van der Waals surface area contributed by atoms with E-state index in [0.717, 1.165) is 42.4 Å². The number of aryl methyl sites for hydroxylation is 2. The van der Waals surface area contributed by atoms with Crippen molar-refractivity contribution in [2.24, 2.45) is 0 Å². The van der Waals surface area contributed by atoms with Crippen molar-refractivity contribution in [2.45, 2.75) is 91.8 Å². The van der Waals surface area contributed by atoms with Gasteiger partial charge in [0.25, 0.3) is 5.91 Å². The number of benzene rings is 2.